The molecular formula is C25H37NO17S. The lowest BCUT2D eigenvalue weighted by Crippen LogP contribution is -2.69. The molecule has 0 radical (unpaired) electrons. The molecule has 3 saturated heterocycles. The molecule has 0 saturated carbocycles. The number of aliphatic hydroxyl groups excluding tert-OH is 7. The van der Waals surface area contributed by atoms with Gasteiger partial charge < -0.3 is 64.7 Å². The van der Waals surface area contributed by atoms with Gasteiger partial charge in [-0.1, -0.05) is 18.2 Å². The van der Waals surface area contributed by atoms with Crippen molar-refractivity contribution in [3.63, 3.8) is 0 Å². The first-order valence-electron chi connectivity index (χ1n) is 13.6. The van der Waals surface area contributed by atoms with E-state index in [0.717, 1.165) is 0 Å². The molecule has 1 aromatic rings. The van der Waals surface area contributed by atoms with Crippen molar-refractivity contribution in [2.75, 3.05) is 13.2 Å². The molecule has 3 aliphatic heterocycles. The van der Waals surface area contributed by atoms with Crippen LogP contribution in [0.5, 0.6) is 0 Å². The first kappa shape index (κ1) is 34.9. The van der Waals surface area contributed by atoms with Gasteiger partial charge in [-0.25, -0.2) is 4.18 Å². The van der Waals surface area contributed by atoms with E-state index in [-0.39, 0.29) is 12.0 Å². The van der Waals surface area contributed by atoms with Crippen LogP contribution in [0.3, 0.4) is 0 Å². The molecule has 3 heterocycles. The van der Waals surface area contributed by atoms with Crippen LogP contribution in [-0.4, -0.2) is 154 Å². The Labute approximate surface area is 251 Å². The molecule has 0 spiro atoms. The molecule has 250 valence electrons. The number of aliphatic hydroxyl groups is 7. The van der Waals surface area contributed by atoms with Gasteiger partial charge in [-0.3, -0.25) is 9.35 Å². The molecule has 3 aliphatic rings. The zero-order valence-electron chi connectivity index (χ0n) is 23.3. The van der Waals surface area contributed by atoms with Crippen molar-refractivity contribution in [1.29, 1.82) is 0 Å². The third-order valence-corrected chi connectivity index (χ3v) is 7.89. The Balaban J connectivity index is 1.69. The maximum absolute atomic E-state index is 13.1. The van der Waals surface area contributed by atoms with Crippen LogP contribution in [0.2, 0.25) is 0 Å². The Morgan fingerprint density at radius 1 is 0.864 bits per heavy atom. The highest BCUT2D eigenvalue weighted by molar-refractivity contribution is 7.80. The summed E-state index contributed by atoms with van der Waals surface area (Å²) in [6, 6.07) is 6.23. The number of ether oxygens (including phenoxy) is 5. The molecule has 19 heteroatoms. The van der Waals surface area contributed by atoms with E-state index in [1.54, 1.807) is 25.1 Å². The minimum Gasteiger partial charge on any atom is -0.394 e. The predicted molar refractivity (Wildman–Crippen MR) is 141 cm³/mol. The standard InChI is InChI=1S/C25H37NO17S/c1-10-7-12(29)16(30)24(38-10)42-20-15(26-22(33)11-5-3-2-4-6-11)23(34)39-14(9-28)19(20)41-25-18(32)21(43-44(35,36)37)17(31)13(8-27)40-25/h2-6,10,12-21,23-25,27-32,34H,7-9H2,1H3,(H,26,33)(H,35,36,37)/t10-,12+,13+,14+,15+,16-,17-,18+,19+,20+,21-,23+,24-,25-/m0/s1. The SMILES string of the molecule is C[C@H]1C[C@@H](O)[C@H](O)[C@H](O[C@@H]2[C@@H](NC(=O)c3ccccc3)[C@H](O)O[C@H](CO)[C@H]2O[C@@H]2O[C@H](CO)[C@H](O)[C@H](OS(=O)(=O)O)[C@H]2O)O1. The lowest BCUT2D eigenvalue weighted by atomic mass is 9.94. The van der Waals surface area contributed by atoms with Crippen LogP contribution in [0.15, 0.2) is 30.3 Å². The zero-order chi connectivity index (χ0) is 32.3. The van der Waals surface area contributed by atoms with E-state index >= 15 is 0 Å². The predicted octanol–water partition coefficient (Wildman–Crippen LogP) is -4.25. The van der Waals surface area contributed by atoms with E-state index in [9.17, 15) is 53.5 Å². The highest BCUT2D eigenvalue weighted by atomic mass is 32.3. The monoisotopic (exact) mass is 655 g/mol. The van der Waals surface area contributed by atoms with Crippen molar-refractivity contribution < 1.29 is 81.4 Å². The second kappa shape index (κ2) is 14.7. The second-order valence-electron chi connectivity index (χ2n) is 10.6. The summed E-state index contributed by atoms with van der Waals surface area (Å²) in [6.07, 6.45) is -21.6. The highest BCUT2D eigenvalue weighted by Crippen LogP contribution is 2.33. The molecule has 1 amide bonds. The van der Waals surface area contributed by atoms with Crippen LogP contribution in [0.4, 0.5) is 0 Å². The van der Waals surface area contributed by atoms with Gasteiger partial charge in [0, 0.05) is 12.0 Å². The number of carbonyl (C=O) groups excluding carboxylic acids is 1. The summed E-state index contributed by atoms with van der Waals surface area (Å²) in [5.41, 5.74) is 0.161. The molecular weight excluding hydrogens is 618 g/mol. The molecule has 0 aromatic heterocycles. The van der Waals surface area contributed by atoms with Gasteiger partial charge in [0.1, 0.15) is 54.9 Å². The Bertz CT molecular complexity index is 1190. The molecule has 9 N–H and O–H groups in total. The lowest BCUT2D eigenvalue weighted by molar-refractivity contribution is -0.365. The van der Waals surface area contributed by atoms with Crippen LogP contribution in [0.1, 0.15) is 23.7 Å². The normalized spacial score (nSPS) is 41.7. The number of carbonyl (C=O) groups is 1. The van der Waals surface area contributed by atoms with Gasteiger partial charge in [-0.05, 0) is 19.1 Å². The average Bonchev–Trinajstić information content (AvgIpc) is 2.97. The average molecular weight is 656 g/mol. The summed E-state index contributed by atoms with van der Waals surface area (Å²) in [4.78, 5) is 13.1. The van der Waals surface area contributed by atoms with Crippen molar-refractivity contribution in [3.8, 4) is 0 Å². The van der Waals surface area contributed by atoms with E-state index in [1.165, 1.54) is 12.1 Å². The molecule has 0 unspecified atom stereocenters. The number of benzene rings is 1. The molecule has 44 heavy (non-hydrogen) atoms. The Morgan fingerprint density at radius 2 is 1.48 bits per heavy atom. The summed E-state index contributed by atoms with van der Waals surface area (Å²) in [5, 5.41) is 75.4. The molecule has 14 atom stereocenters. The summed E-state index contributed by atoms with van der Waals surface area (Å²) >= 11 is 0. The number of nitrogens with one attached hydrogen (secondary N) is 1. The molecule has 4 rings (SSSR count). The molecule has 1 aromatic carbocycles. The van der Waals surface area contributed by atoms with Crippen LogP contribution >= 0.6 is 0 Å². The van der Waals surface area contributed by atoms with Crippen molar-refractivity contribution in [2.24, 2.45) is 0 Å². The van der Waals surface area contributed by atoms with Crippen molar-refractivity contribution >= 4 is 16.3 Å². The van der Waals surface area contributed by atoms with Gasteiger partial charge in [0.15, 0.2) is 18.9 Å². The van der Waals surface area contributed by atoms with Crippen LogP contribution in [0, 0.1) is 0 Å². The molecule has 3 fully saturated rings. The fourth-order valence-corrected chi connectivity index (χ4v) is 5.75. The van der Waals surface area contributed by atoms with Gasteiger partial charge in [-0.15, -0.1) is 0 Å². The maximum Gasteiger partial charge on any atom is 0.397 e. The number of amides is 1. The summed E-state index contributed by atoms with van der Waals surface area (Å²) in [7, 11) is -5.25. The first-order valence-corrected chi connectivity index (χ1v) is 15.0. The van der Waals surface area contributed by atoms with Crippen LogP contribution in [0.25, 0.3) is 0 Å². The fraction of sp³-hybridized carbons (Fsp3) is 0.720. The number of hydrogen-bond acceptors (Lipinski definition) is 16. The van der Waals surface area contributed by atoms with Crippen LogP contribution in [-0.2, 0) is 38.3 Å². The van der Waals surface area contributed by atoms with E-state index in [2.05, 4.69) is 9.50 Å². The molecule has 0 bridgehead atoms. The Kier molecular flexibility index (Phi) is 11.6. The number of hydrogen-bond donors (Lipinski definition) is 9. The largest absolute Gasteiger partial charge is 0.397 e. The van der Waals surface area contributed by atoms with Crippen molar-refractivity contribution in [3.05, 3.63) is 35.9 Å². The van der Waals surface area contributed by atoms with E-state index < -0.39 is 115 Å². The first-order chi connectivity index (χ1) is 20.7. The van der Waals surface area contributed by atoms with Gasteiger partial charge in [-0.2, -0.15) is 8.42 Å². The van der Waals surface area contributed by atoms with Gasteiger partial charge >= 0.3 is 10.4 Å². The maximum atomic E-state index is 13.1. The Morgan fingerprint density at radius 3 is 2.09 bits per heavy atom. The van der Waals surface area contributed by atoms with Gasteiger partial charge in [0.05, 0.1) is 25.4 Å². The summed E-state index contributed by atoms with van der Waals surface area (Å²) in [5.74, 6) is -0.717. The van der Waals surface area contributed by atoms with Gasteiger partial charge in [0.2, 0.25) is 0 Å². The summed E-state index contributed by atoms with van der Waals surface area (Å²) in [6.45, 7) is -0.213. The van der Waals surface area contributed by atoms with E-state index in [0.29, 0.717) is 0 Å². The second-order valence-corrected chi connectivity index (χ2v) is 11.7. The van der Waals surface area contributed by atoms with E-state index in [1.807, 2.05) is 0 Å². The fourth-order valence-electron chi connectivity index (χ4n) is 5.24. The van der Waals surface area contributed by atoms with E-state index in [4.69, 9.17) is 23.7 Å². The number of rotatable bonds is 10. The van der Waals surface area contributed by atoms with Crippen molar-refractivity contribution in [1.82, 2.24) is 5.32 Å². The Hall–Kier alpha value is -1.92. The lowest BCUT2D eigenvalue weighted by Gasteiger charge is -2.49. The van der Waals surface area contributed by atoms with Gasteiger partial charge in [0.25, 0.3) is 5.91 Å². The molecule has 0 aliphatic carbocycles. The topological polar surface area (TPSA) is 280 Å². The zero-order valence-corrected chi connectivity index (χ0v) is 24.1. The third-order valence-electron chi connectivity index (χ3n) is 7.43. The highest BCUT2D eigenvalue weighted by Gasteiger charge is 2.54. The smallest absolute Gasteiger partial charge is 0.394 e. The minimum absolute atomic E-state index is 0.0485. The summed E-state index contributed by atoms with van der Waals surface area (Å²) < 4.78 is 64.8. The van der Waals surface area contributed by atoms with Crippen molar-refractivity contribution in [2.45, 2.75) is 99.3 Å². The quantitative estimate of drug-likeness (QED) is 0.108. The third kappa shape index (κ3) is 8.07. The minimum atomic E-state index is -5.25. The van der Waals surface area contributed by atoms with Crippen LogP contribution < -0.4 is 5.32 Å². The molecule has 18 nitrogen and oxygen atoms in total.